The Balaban J connectivity index is 1.71. The van der Waals surface area contributed by atoms with Gasteiger partial charge in [-0.05, 0) is 55.4 Å². The Morgan fingerprint density at radius 1 is 1.12 bits per heavy atom. The van der Waals surface area contributed by atoms with Crippen molar-refractivity contribution < 1.29 is 9.47 Å². The fourth-order valence-electron chi connectivity index (χ4n) is 6.11. The number of hydrogen-bond donors (Lipinski definition) is 0. The van der Waals surface area contributed by atoms with Gasteiger partial charge < -0.3 is 9.47 Å². The van der Waals surface area contributed by atoms with Crippen LogP contribution in [-0.2, 0) is 9.47 Å². The largest absolute Gasteiger partial charge is 0.347 e. The Bertz CT molecular complexity index is 716. The molecule has 4 aliphatic rings. The van der Waals surface area contributed by atoms with Crippen LogP contribution in [-0.4, -0.2) is 19.0 Å². The molecule has 132 valence electrons. The molecule has 0 unspecified atom stereocenters. The number of nitrogens with zero attached hydrogens (tertiary/aromatic N) is 2. The maximum absolute atomic E-state index is 9.23. The van der Waals surface area contributed by atoms with E-state index in [1.165, 1.54) is 5.57 Å². The molecule has 1 saturated heterocycles. The summed E-state index contributed by atoms with van der Waals surface area (Å²) in [6.45, 7) is 6.13. The van der Waals surface area contributed by atoms with Crippen LogP contribution in [0.15, 0.2) is 22.8 Å². The van der Waals surface area contributed by atoms with E-state index in [2.05, 4.69) is 32.1 Å². The Labute approximate surface area is 150 Å². The minimum atomic E-state index is -0.439. The molecule has 0 bridgehead atoms. The van der Waals surface area contributed by atoms with Gasteiger partial charge in [-0.15, -0.1) is 0 Å². The predicted octanol–water partition coefficient (Wildman–Crippen LogP) is 4.40. The second kappa shape index (κ2) is 5.70. The highest BCUT2D eigenvalue weighted by Gasteiger charge is 2.62. The minimum Gasteiger partial charge on any atom is -0.347 e. The summed E-state index contributed by atoms with van der Waals surface area (Å²) in [6.07, 6.45) is 9.32. The van der Waals surface area contributed by atoms with Crippen molar-refractivity contribution in [1.82, 2.24) is 0 Å². The fraction of sp³-hybridized carbons (Fsp3) is 0.714. The lowest BCUT2D eigenvalue weighted by molar-refractivity contribution is -0.242. The molecule has 0 aromatic carbocycles. The van der Waals surface area contributed by atoms with E-state index in [9.17, 15) is 10.5 Å². The molecule has 0 aromatic rings. The molecule has 0 radical (unpaired) electrons. The number of rotatable bonds is 0. The first kappa shape index (κ1) is 16.8. The van der Waals surface area contributed by atoms with Crippen LogP contribution < -0.4 is 0 Å². The molecule has 4 nitrogen and oxygen atoms in total. The average molecular weight is 338 g/mol. The minimum absolute atomic E-state index is 0.0541. The van der Waals surface area contributed by atoms with Crippen LogP contribution in [0.5, 0.6) is 0 Å². The van der Waals surface area contributed by atoms with Gasteiger partial charge in [-0.1, -0.05) is 25.5 Å². The predicted molar refractivity (Wildman–Crippen MR) is 93.0 cm³/mol. The van der Waals surface area contributed by atoms with Crippen molar-refractivity contribution >= 4 is 0 Å². The zero-order valence-corrected chi connectivity index (χ0v) is 15.2. The molecule has 2 saturated carbocycles. The summed E-state index contributed by atoms with van der Waals surface area (Å²) in [5, 5.41) is 18.5. The maximum Gasteiger partial charge on any atom is 0.177 e. The number of fused-ring (bicyclic) bond motifs is 4. The van der Waals surface area contributed by atoms with Crippen LogP contribution in [0.3, 0.4) is 0 Å². The van der Waals surface area contributed by atoms with Crippen molar-refractivity contribution in [3.05, 3.63) is 22.8 Å². The van der Waals surface area contributed by atoms with Crippen LogP contribution in [0, 0.1) is 39.4 Å². The molecule has 3 fully saturated rings. The fourth-order valence-corrected chi connectivity index (χ4v) is 6.11. The van der Waals surface area contributed by atoms with Crippen molar-refractivity contribution in [3.63, 3.8) is 0 Å². The Morgan fingerprint density at radius 3 is 2.52 bits per heavy atom. The number of hydrogen-bond acceptors (Lipinski definition) is 4. The summed E-state index contributed by atoms with van der Waals surface area (Å²) in [5.41, 5.74) is 2.98. The van der Waals surface area contributed by atoms with E-state index in [0.29, 0.717) is 24.7 Å². The molecule has 0 amide bonds. The molecule has 0 aromatic heterocycles. The highest BCUT2D eigenvalue weighted by atomic mass is 16.7. The SMILES string of the molecule is C[C@@]12CCC(=C(C#N)C#N)C[C@H]1CC[C@@]1(C)C2=CCCC12OCCO2. The van der Waals surface area contributed by atoms with Gasteiger partial charge >= 0.3 is 0 Å². The average Bonchev–Trinajstić information content (AvgIpc) is 3.08. The van der Waals surface area contributed by atoms with Crippen molar-refractivity contribution in [2.75, 3.05) is 13.2 Å². The summed E-state index contributed by atoms with van der Waals surface area (Å²) in [7, 11) is 0. The van der Waals surface area contributed by atoms with E-state index < -0.39 is 5.79 Å². The van der Waals surface area contributed by atoms with E-state index in [1.54, 1.807) is 0 Å². The molecule has 4 rings (SSSR count). The summed E-state index contributed by atoms with van der Waals surface area (Å²) in [5.74, 6) is 0.0647. The lowest BCUT2D eigenvalue weighted by Crippen LogP contribution is -2.57. The van der Waals surface area contributed by atoms with Crippen LogP contribution in [0.1, 0.15) is 58.8 Å². The van der Waals surface area contributed by atoms with E-state index >= 15 is 0 Å². The van der Waals surface area contributed by atoms with Gasteiger partial charge in [0.15, 0.2) is 5.79 Å². The topological polar surface area (TPSA) is 66.0 Å². The maximum atomic E-state index is 9.23. The third kappa shape index (κ3) is 2.17. The third-order valence-corrected chi connectivity index (χ3v) is 7.54. The number of ether oxygens (including phenoxy) is 2. The van der Waals surface area contributed by atoms with Crippen molar-refractivity contribution in [1.29, 1.82) is 10.5 Å². The highest BCUT2D eigenvalue weighted by Crippen LogP contribution is 2.66. The van der Waals surface area contributed by atoms with Gasteiger partial charge in [0.2, 0.25) is 0 Å². The molecular formula is C21H26N2O2. The number of allylic oxidation sites excluding steroid dienone is 3. The summed E-state index contributed by atoms with van der Waals surface area (Å²) in [4.78, 5) is 0. The second-order valence-electron chi connectivity index (χ2n) is 8.50. The van der Waals surface area contributed by atoms with Gasteiger partial charge in [0, 0.05) is 11.8 Å². The Kier molecular flexibility index (Phi) is 3.83. The molecule has 4 heteroatoms. The molecule has 1 aliphatic heterocycles. The van der Waals surface area contributed by atoms with Crippen molar-refractivity contribution in [2.45, 2.75) is 64.6 Å². The standard InChI is InChI=1S/C21H26N2O2/c1-19-8-5-15(16(13-22)14-23)12-17(19)6-9-20(2)18(19)4-3-7-21(20)24-10-11-25-21/h4,17H,3,5-12H2,1-2H3/t17-,19-,20+/m1/s1. The van der Waals surface area contributed by atoms with E-state index in [1.807, 2.05) is 0 Å². The first-order valence-corrected chi connectivity index (χ1v) is 9.50. The molecular weight excluding hydrogens is 312 g/mol. The zero-order chi connectivity index (χ0) is 17.7. The Hall–Kier alpha value is -1.62. The second-order valence-corrected chi connectivity index (χ2v) is 8.50. The highest BCUT2D eigenvalue weighted by molar-refractivity contribution is 5.43. The van der Waals surface area contributed by atoms with Gasteiger partial charge in [-0.3, -0.25) is 0 Å². The van der Waals surface area contributed by atoms with E-state index in [4.69, 9.17) is 9.47 Å². The molecule has 1 spiro atoms. The molecule has 3 atom stereocenters. The number of nitriles is 2. The summed E-state index contributed by atoms with van der Waals surface area (Å²) >= 11 is 0. The monoisotopic (exact) mass is 338 g/mol. The summed E-state index contributed by atoms with van der Waals surface area (Å²) in [6, 6.07) is 4.19. The smallest absolute Gasteiger partial charge is 0.177 e. The quantitative estimate of drug-likeness (QED) is 0.485. The van der Waals surface area contributed by atoms with E-state index in [-0.39, 0.29) is 10.8 Å². The third-order valence-electron chi connectivity index (χ3n) is 7.54. The normalized spacial score (nSPS) is 39.0. The molecule has 0 N–H and O–H groups in total. The lowest BCUT2D eigenvalue weighted by Gasteiger charge is -2.60. The first-order valence-electron chi connectivity index (χ1n) is 9.50. The van der Waals surface area contributed by atoms with Crippen LogP contribution in [0.25, 0.3) is 0 Å². The molecule has 3 aliphatic carbocycles. The van der Waals surface area contributed by atoms with Gasteiger partial charge in [-0.2, -0.15) is 10.5 Å². The van der Waals surface area contributed by atoms with Gasteiger partial charge in [0.1, 0.15) is 17.7 Å². The van der Waals surface area contributed by atoms with Gasteiger partial charge in [0.05, 0.1) is 13.2 Å². The van der Waals surface area contributed by atoms with Crippen LogP contribution in [0.4, 0.5) is 0 Å². The van der Waals surface area contributed by atoms with Gasteiger partial charge in [0.25, 0.3) is 0 Å². The zero-order valence-electron chi connectivity index (χ0n) is 15.2. The molecule has 1 heterocycles. The lowest BCUT2D eigenvalue weighted by atomic mass is 9.47. The molecule has 25 heavy (non-hydrogen) atoms. The van der Waals surface area contributed by atoms with Gasteiger partial charge in [-0.25, -0.2) is 0 Å². The van der Waals surface area contributed by atoms with Crippen LogP contribution in [0.2, 0.25) is 0 Å². The van der Waals surface area contributed by atoms with Crippen molar-refractivity contribution in [2.24, 2.45) is 16.7 Å². The Morgan fingerprint density at radius 2 is 1.84 bits per heavy atom. The van der Waals surface area contributed by atoms with Crippen LogP contribution >= 0.6 is 0 Å². The first-order chi connectivity index (χ1) is 12.0. The van der Waals surface area contributed by atoms with Crippen molar-refractivity contribution in [3.8, 4) is 12.1 Å². The summed E-state index contributed by atoms with van der Waals surface area (Å²) < 4.78 is 12.4. The van der Waals surface area contributed by atoms with E-state index in [0.717, 1.165) is 50.5 Å².